The number of nitrogens with one attached hydrogen (secondary N) is 2. The molecule has 10 nitrogen and oxygen atoms in total. The van der Waals surface area contributed by atoms with E-state index in [0.717, 1.165) is 19.3 Å². The molecule has 0 saturated carbocycles. The van der Waals surface area contributed by atoms with E-state index in [0.29, 0.717) is 13.1 Å². The summed E-state index contributed by atoms with van der Waals surface area (Å²) >= 11 is 0. The Balaban J connectivity index is 1.81. The topological polar surface area (TPSA) is 126 Å². The van der Waals surface area contributed by atoms with Gasteiger partial charge in [0.05, 0.1) is 11.2 Å². The van der Waals surface area contributed by atoms with Crippen LogP contribution in [-0.4, -0.2) is 33.9 Å². The molecule has 1 saturated heterocycles. The number of furan rings is 1. The predicted molar refractivity (Wildman–Crippen MR) is 84.5 cm³/mol. The van der Waals surface area contributed by atoms with Crippen LogP contribution in [-0.2, 0) is 0 Å². The number of anilines is 2. The van der Waals surface area contributed by atoms with Gasteiger partial charge in [0.15, 0.2) is 5.76 Å². The monoisotopic (exact) mass is 332 g/mol. The van der Waals surface area contributed by atoms with E-state index in [4.69, 9.17) is 4.42 Å². The Hall–Kier alpha value is -3.17. The standard InChI is InChI=1S/C14H16N6O4/c21-14(10-5-4-8-24-10)18-17-12-11(20(22)23)13(16-9-15-12)19-6-2-1-3-7-19/h4-5,8-9H,1-3,6-7H2,(H,18,21)(H,15,16,17). The van der Waals surface area contributed by atoms with Crippen LogP contribution in [0.2, 0.25) is 0 Å². The summed E-state index contributed by atoms with van der Waals surface area (Å²) < 4.78 is 4.95. The molecule has 0 unspecified atom stereocenters. The lowest BCUT2D eigenvalue weighted by Crippen LogP contribution is -2.33. The minimum absolute atomic E-state index is 0.0736. The molecule has 0 aromatic carbocycles. The molecule has 1 aliphatic heterocycles. The zero-order chi connectivity index (χ0) is 16.9. The van der Waals surface area contributed by atoms with E-state index in [1.807, 2.05) is 4.90 Å². The summed E-state index contributed by atoms with van der Waals surface area (Å²) in [5.41, 5.74) is 4.55. The average Bonchev–Trinajstić information content (AvgIpc) is 3.14. The van der Waals surface area contributed by atoms with Gasteiger partial charge in [-0.3, -0.25) is 25.8 Å². The Bertz CT molecular complexity index is 727. The zero-order valence-electron chi connectivity index (χ0n) is 12.8. The first kappa shape index (κ1) is 15.7. The van der Waals surface area contributed by atoms with E-state index in [9.17, 15) is 14.9 Å². The van der Waals surface area contributed by atoms with Gasteiger partial charge in [-0.2, -0.15) is 0 Å². The number of rotatable bonds is 5. The Labute approximate surface area is 137 Å². The maximum absolute atomic E-state index is 11.9. The quantitative estimate of drug-likeness (QED) is 0.626. The number of hydrazine groups is 1. The van der Waals surface area contributed by atoms with E-state index in [2.05, 4.69) is 20.8 Å². The van der Waals surface area contributed by atoms with Crippen LogP contribution in [0, 0.1) is 10.1 Å². The SMILES string of the molecule is O=C(NNc1ncnc(N2CCCCC2)c1[N+](=O)[O-])c1ccco1. The smallest absolute Gasteiger partial charge is 0.355 e. The number of piperidine rings is 1. The van der Waals surface area contributed by atoms with Gasteiger partial charge in [-0.25, -0.2) is 9.97 Å². The molecular formula is C14H16N6O4. The van der Waals surface area contributed by atoms with Crippen LogP contribution in [0.15, 0.2) is 29.1 Å². The molecule has 126 valence electrons. The van der Waals surface area contributed by atoms with Gasteiger partial charge >= 0.3 is 11.6 Å². The van der Waals surface area contributed by atoms with Crippen molar-refractivity contribution < 1.29 is 14.1 Å². The van der Waals surface area contributed by atoms with Gasteiger partial charge in [0, 0.05) is 13.1 Å². The molecule has 2 aromatic heterocycles. The summed E-state index contributed by atoms with van der Waals surface area (Å²) in [6.07, 6.45) is 5.60. The van der Waals surface area contributed by atoms with E-state index in [-0.39, 0.29) is 23.1 Å². The number of hydrogen-bond acceptors (Lipinski definition) is 8. The summed E-state index contributed by atoms with van der Waals surface area (Å²) in [6.45, 7) is 1.41. The second-order valence-corrected chi connectivity index (χ2v) is 5.26. The molecule has 10 heteroatoms. The summed E-state index contributed by atoms with van der Waals surface area (Å²) in [7, 11) is 0. The molecule has 3 heterocycles. The number of aromatic nitrogens is 2. The summed E-state index contributed by atoms with van der Waals surface area (Å²) in [5, 5.41) is 11.5. The lowest BCUT2D eigenvalue weighted by Gasteiger charge is -2.27. The molecule has 2 N–H and O–H groups in total. The number of carbonyl (C=O) groups excluding carboxylic acids is 1. The molecule has 24 heavy (non-hydrogen) atoms. The van der Waals surface area contributed by atoms with Crippen molar-refractivity contribution in [2.75, 3.05) is 23.4 Å². The van der Waals surface area contributed by atoms with Crippen molar-refractivity contribution in [3.63, 3.8) is 0 Å². The summed E-state index contributed by atoms with van der Waals surface area (Å²) in [5.74, 6) is -0.303. The molecule has 0 aliphatic carbocycles. The fraction of sp³-hybridized carbons (Fsp3) is 0.357. The van der Waals surface area contributed by atoms with E-state index in [1.54, 1.807) is 6.07 Å². The van der Waals surface area contributed by atoms with Crippen LogP contribution >= 0.6 is 0 Å². The first-order valence-electron chi connectivity index (χ1n) is 7.51. The second kappa shape index (κ2) is 6.94. The number of nitrogens with zero attached hydrogens (tertiary/aromatic N) is 4. The third kappa shape index (κ3) is 3.26. The first-order valence-corrected chi connectivity index (χ1v) is 7.51. The first-order chi connectivity index (χ1) is 11.7. The van der Waals surface area contributed by atoms with E-state index in [1.165, 1.54) is 18.7 Å². The highest BCUT2D eigenvalue weighted by atomic mass is 16.6. The number of amides is 1. The van der Waals surface area contributed by atoms with Crippen LogP contribution in [0.1, 0.15) is 29.8 Å². The zero-order valence-corrected chi connectivity index (χ0v) is 12.8. The van der Waals surface area contributed by atoms with Crippen LogP contribution in [0.5, 0.6) is 0 Å². The van der Waals surface area contributed by atoms with Crippen molar-refractivity contribution in [3.05, 3.63) is 40.6 Å². The number of carbonyl (C=O) groups is 1. The average molecular weight is 332 g/mol. The maximum atomic E-state index is 11.9. The highest BCUT2D eigenvalue weighted by Gasteiger charge is 2.28. The normalized spacial score (nSPS) is 14.2. The Kier molecular flexibility index (Phi) is 4.54. The van der Waals surface area contributed by atoms with Gasteiger partial charge in [0.1, 0.15) is 6.33 Å². The molecular weight excluding hydrogens is 316 g/mol. The van der Waals surface area contributed by atoms with Gasteiger partial charge in [-0.15, -0.1) is 0 Å². The van der Waals surface area contributed by atoms with Crippen molar-refractivity contribution in [1.82, 2.24) is 15.4 Å². The molecule has 3 rings (SSSR count). The number of nitro groups is 1. The van der Waals surface area contributed by atoms with E-state index < -0.39 is 10.8 Å². The summed E-state index contributed by atoms with van der Waals surface area (Å²) in [4.78, 5) is 32.6. The third-order valence-corrected chi connectivity index (χ3v) is 3.68. The lowest BCUT2D eigenvalue weighted by atomic mass is 10.1. The summed E-state index contributed by atoms with van der Waals surface area (Å²) in [6, 6.07) is 3.04. The van der Waals surface area contributed by atoms with Crippen molar-refractivity contribution in [2.24, 2.45) is 0 Å². The van der Waals surface area contributed by atoms with Crippen molar-refractivity contribution in [2.45, 2.75) is 19.3 Å². The largest absolute Gasteiger partial charge is 0.459 e. The molecule has 1 aliphatic rings. The van der Waals surface area contributed by atoms with Crippen molar-refractivity contribution in [3.8, 4) is 0 Å². The molecule has 0 atom stereocenters. The molecule has 0 radical (unpaired) electrons. The fourth-order valence-corrected chi connectivity index (χ4v) is 2.55. The number of hydrogen-bond donors (Lipinski definition) is 2. The molecule has 0 spiro atoms. The Morgan fingerprint density at radius 3 is 2.75 bits per heavy atom. The molecule has 2 aromatic rings. The highest BCUT2D eigenvalue weighted by Crippen LogP contribution is 2.32. The lowest BCUT2D eigenvalue weighted by molar-refractivity contribution is -0.383. The van der Waals surface area contributed by atoms with Crippen LogP contribution in [0.25, 0.3) is 0 Å². The second-order valence-electron chi connectivity index (χ2n) is 5.26. The maximum Gasteiger partial charge on any atom is 0.355 e. The minimum Gasteiger partial charge on any atom is -0.459 e. The van der Waals surface area contributed by atoms with Gasteiger partial charge < -0.3 is 9.32 Å². The van der Waals surface area contributed by atoms with Crippen LogP contribution in [0.3, 0.4) is 0 Å². The van der Waals surface area contributed by atoms with Gasteiger partial charge in [0.2, 0.25) is 11.6 Å². The Morgan fingerprint density at radius 1 is 1.29 bits per heavy atom. The minimum atomic E-state index is -0.563. The van der Waals surface area contributed by atoms with Gasteiger partial charge in [-0.1, -0.05) is 0 Å². The highest BCUT2D eigenvalue weighted by molar-refractivity contribution is 5.92. The van der Waals surface area contributed by atoms with Crippen molar-refractivity contribution in [1.29, 1.82) is 0 Å². The predicted octanol–water partition coefficient (Wildman–Crippen LogP) is 1.72. The molecule has 1 fully saturated rings. The van der Waals surface area contributed by atoms with Crippen LogP contribution < -0.4 is 15.8 Å². The van der Waals surface area contributed by atoms with Gasteiger partial charge in [0.25, 0.3) is 0 Å². The molecule has 1 amide bonds. The van der Waals surface area contributed by atoms with E-state index >= 15 is 0 Å². The van der Waals surface area contributed by atoms with Gasteiger partial charge in [-0.05, 0) is 31.4 Å². The Morgan fingerprint density at radius 2 is 2.08 bits per heavy atom. The fourth-order valence-electron chi connectivity index (χ4n) is 2.55. The molecule has 0 bridgehead atoms. The third-order valence-electron chi connectivity index (χ3n) is 3.68. The van der Waals surface area contributed by atoms with Crippen LogP contribution in [0.4, 0.5) is 17.3 Å². The van der Waals surface area contributed by atoms with Crippen molar-refractivity contribution >= 4 is 23.2 Å².